The molecule has 0 aliphatic carbocycles. The van der Waals surface area contributed by atoms with E-state index < -0.39 is 0 Å². The van der Waals surface area contributed by atoms with Crippen molar-refractivity contribution in [3.05, 3.63) is 0 Å². The Morgan fingerprint density at radius 1 is 0.700 bits per heavy atom. The van der Waals surface area contributed by atoms with Crippen LogP contribution in [0.15, 0.2) is 0 Å². The zero-order valence-corrected chi connectivity index (χ0v) is 12.8. The van der Waals surface area contributed by atoms with Crippen LogP contribution in [0.5, 0.6) is 0 Å². The lowest BCUT2D eigenvalue weighted by atomic mass is 10.1. The Morgan fingerprint density at radius 3 is 1.70 bits per heavy atom. The molecule has 0 N–H and O–H groups in total. The molecule has 0 saturated carbocycles. The maximum Gasteiger partial charge on any atom is 0.165 e. The third-order valence-electron chi connectivity index (χ3n) is 3.89. The summed E-state index contributed by atoms with van der Waals surface area (Å²) in [6.07, 6.45) is 4.93. The molecule has 0 amide bonds. The normalized spacial score (nSPS) is 24.3. The monoisotopic (exact) mass is 288 g/mol. The Kier molecular flexibility index (Phi) is 6.23. The van der Waals surface area contributed by atoms with Gasteiger partial charge in [0.25, 0.3) is 0 Å². The van der Waals surface area contributed by atoms with Gasteiger partial charge in [0.15, 0.2) is 11.6 Å². The van der Waals surface area contributed by atoms with Gasteiger partial charge in [-0.25, -0.2) is 0 Å². The van der Waals surface area contributed by atoms with Crippen molar-refractivity contribution in [2.75, 3.05) is 39.6 Å². The molecule has 2 heterocycles. The van der Waals surface area contributed by atoms with Crippen LogP contribution in [0.4, 0.5) is 0 Å². The van der Waals surface area contributed by atoms with Crippen molar-refractivity contribution in [2.45, 2.75) is 57.5 Å². The molecule has 0 bridgehead atoms. The van der Waals surface area contributed by atoms with E-state index in [-0.39, 0.29) is 11.6 Å². The first-order valence-electron chi connectivity index (χ1n) is 7.76. The zero-order valence-electron chi connectivity index (χ0n) is 12.8. The standard InChI is InChI=1S/C15H28O5/c1-14(17-10-11-18-14)6-3-4-8-16-9-5-7-15(2)19-12-13-20-15/h3-13H2,1-2H3. The molecule has 20 heavy (non-hydrogen) atoms. The van der Waals surface area contributed by atoms with Gasteiger partial charge in [-0.15, -0.1) is 0 Å². The lowest BCUT2D eigenvalue weighted by Gasteiger charge is -2.22. The van der Waals surface area contributed by atoms with Crippen LogP contribution < -0.4 is 0 Å². The van der Waals surface area contributed by atoms with E-state index in [1.54, 1.807) is 0 Å². The third-order valence-corrected chi connectivity index (χ3v) is 3.89. The van der Waals surface area contributed by atoms with E-state index in [1.165, 1.54) is 0 Å². The predicted molar refractivity (Wildman–Crippen MR) is 74.5 cm³/mol. The highest BCUT2D eigenvalue weighted by Gasteiger charge is 2.30. The molecule has 0 radical (unpaired) electrons. The van der Waals surface area contributed by atoms with Crippen molar-refractivity contribution in [3.63, 3.8) is 0 Å². The fraction of sp³-hybridized carbons (Fsp3) is 1.00. The van der Waals surface area contributed by atoms with Gasteiger partial charge in [0.2, 0.25) is 0 Å². The van der Waals surface area contributed by atoms with Crippen LogP contribution in [0.1, 0.15) is 46.0 Å². The molecule has 2 aliphatic rings. The first-order chi connectivity index (χ1) is 9.62. The Balaban J connectivity index is 1.40. The molecule has 0 aromatic heterocycles. The third kappa shape index (κ3) is 5.30. The second-order valence-corrected chi connectivity index (χ2v) is 5.83. The number of ether oxygens (including phenoxy) is 5. The minimum atomic E-state index is -0.380. The Labute approximate surface area is 121 Å². The molecule has 2 aliphatic heterocycles. The van der Waals surface area contributed by atoms with Crippen LogP contribution in [-0.2, 0) is 23.7 Å². The minimum absolute atomic E-state index is 0.355. The molecular formula is C15H28O5. The molecular weight excluding hydrogens is 260 g/mol. The van der Waals surface area contributed by atoms with Crippen LogP contribution in [0.25, 0.3) is 0 Å². The Morgan fingerprint density at radius 2 is 1.15 bits per heavy atom. The summed E-state index contributed by atoms with van der Waals surface area (Å²) in [5.41, 5.74) is 0. The van der Waals surface area contributed by atoms with E-state index in [1.807, 2.05) is 13.8 Å². The highest BCUT2D eigenvalue weighted by Crippen LogP contribution is 2.25. The summed E-state index contributed by atoms with van der Waals surface area (Å²) in [5.74, 6) is -0.735. The maximum absolute atomic E-state index is 5.64. The van der Waals surface area contributed by atoms with Gasteiger partial charge in [-0.1, -0.05) is 0 Å². The average Bonchev–Trinajstić information content (AvgIpc) is 3.03. The fourth-order valence-electron chi connectivity index (χ4n) is 2.65. The number of hydrogen-bond donors (Lipinski definition) is 0. The van der Waals surface area contributed by atoms with Crippen molar-refractivity contribution < 1.29 is 23.7 Å². The molecule has 0 atom stereocenters. The lowest BCUT2D eigenvalue weighted by Crippen LogP contribution is -2.26. The van der Waals surface area contributed by atoms with Crippen molar-refractivity contribution >= 4 is 0 Å². The number of unbranched alkanes of at least 4 members (excludes halogenated alkanes) is 1. The lowest BCUT2D eigenvalue weighted by molar-refractivity contribution is -0.150. The van der Waals surface area contributed by atoms with E-state index in [4.69, 9.17) is 23.7 Å². The van der Waals surface area contributed by atoms with Gasteiger partial charge in [-0.2, -0.15) is 0 Å². The topological polar surface area (TPSA) is 46.2 Å². The summed E-state index contributed by atoms with van der Waals surface area (Å²) in [6.45, 7) is 8.44. The van der Waals surface area contributed by atoms with E-state index in [0.29, 0.717) is 13.2 Å². The molecule has 2 saturated heterocycles. The SMILES string of the molecule is CC1(CCCCOCCCC2(C)OCCO2)OCCO1. The van der Waals surface area contributed by atoms with Crippen LogP contribution in [0.3, 0.4) is 0 Å². The van der Waals surface area contributed by atoms with Crippen molar-refractivity contribution in [1.29, 1.82) is 0 Å². The van der Waals surface area contributed by atoms with Gasteiger partial charge in [0.05, 0.1) is 26.4 Å². The van der Waals surface area contributed by atoms with Gasteiger partial charge in [0, 0.05) is 26.1 Å². The molecule has 2 fully saturated rings. The molecule has 0 aromatic carbocycles. The summed E-state index contributed by atoms with van der Waals surface area (Å²) in [4.78, 5) is 0. The number of hydrogen-bond acceptors (Lipinski definition) is 5. The predicted octanol–water partition coefficient (Wildman–Crippen LogP) is 2.48. The zero-order chi connectivity index (χ0) is 14.3. The van der Waals surface area contributed by atoms with Crippen LogP contribution >= 0.6 is 0 Å². The van der Waals surface area contributed by atoms with E-state index in [0.717, 1.165) is 58.5 Å². The summed E-state index contributed by atoms with van der Waals surface area (Å²) >= 11 is 0. The Hall–Kier alpha value is -0.200. The molecule has 2 rings (SSSR count). The van der Waals surface area contributed by atoms with Crippen molar-refractivity contribution in [3.8, 4) is 0 Å². The Bertz CT molecular complexity index is 241. The second-order valence-electron chi connectivity index (χ2n) is 5.83. The summed E-state index contributed by atoms with van der Waals surface area (Å²) < 4.78 is 27.9. The molecule has 0 aromatic rings. The molecule has 118 valence electrons. The van der Waals surface area contributed by atoms with Gasteiger partial charge < -0.3 is 23.7 Å². The van der Waals surface area contributed by atoms with E-state index >= 15 is 0 Å². The summed E-state index contributed by atoms with van der Waals surface area (Å²) in [5, 5.41) is 0. The van der Waals surface area contributed by atoms with Crippen molar-refractivity contribution in [2.24, 2.45) is 0 Å². The fourth-order valence-corrected chi connectivity index (χ4v) is 2.65. The van der Waals surface area contributed by atoms with Crippen LogP contribution in [-0.4, -0.2) is 51.2 Å². The first kappa shape index (κ1) is 16.2. The summed E-state index contributed by atoms with van der Waals surface area (Å²) in [7, 11) is 0. The number of rotatable bonds is 9. The smallest absolute Gasteiger partial charge is 0.165 e. The van der Waals surface area contributed by atoms with Gasteiger partial charge >= 0.3 is 0 Å². The second kappa shape index (κ2) is 7.71. The first-order valence-corrected chi connectivity index (χ1v) is 7.76. The average molecular weight is 288 g/mol. The van der Waals surface area contributed by atoms with Crippen molar-refractivity contribution in [1.82, 2.24) is 0 Å². The van der Waals surface area contributed by atoms with E-state index in [9.17, 15) is 0 Å². The molecule has 5 heteroatoms. The minimum Gasteiger partial charge on any atom is -0.381 e. The quantitative estimate of drug-likeness (QED) is 0.610. The molecule has 5 nitrogen and oxygen atoms in total. The molecule has 0 unspecified atom stereocenters. The van der Waals surface area contributed by atoms with Gasteiger partial charge in [-0.05, 0) is 33.1 Å². The highest BCUT2D eigenvalue weighted by molar-refractivity contribution is 4.68. The van der Waals surface area contributed by atoms with E-state index in [2.05, 4.69) is 0 Å². The molecule has 0 spiro atoms. The van der Waals surface area contributed by atoms with Gasteiger partial charge in [-0.3, -0.25) is 0 Å². The maximum atomic E-state index is 5.64. The highest BCUT2D eigenvalue weighted by atomic mass is 16.7. The van der Waals surface area contributed by atoms with Gasteiger partial charge in [0.1, 0.15) is 0 Å². The van der Waals surface area contributed by atoms with Crippen LogP contribution in [0.2, 0.25) is 0 Å². The largest absolute Gasteiger partial charge is 0.381 e. The summed E-state index contributed by atoms with van der Waals surface area (Å²) in [6, 6.07) is 0. The van der Waals surface area contributed by atoms with Crippen LogP contribution in [0, 0.1) is 0 Å².